The Morgan fingerprint density at radius 1 is 0.618 bits per heavy atom. The van der Waals surface area contributed by atoms with E-state index in [0.717, 1.165) is 0 Å². The molecule has 0 aliphatic carbocycles. The average Bonchev–Trinajstić information content (AvgIpc) is 2.88. The van der Waals surface area contributed by atoms with E-state index in [9.17, 15) is 0 Å². The quantitative estimate of drug-likeness (QED) is 0.286. The van der Waals surface area contributed by atoms with Gasteiger partial charge < -0.3 is 5.32 Å². The summed E-state index contributed by atoms with van der Waals surface area (Å²) in [5.74, 6) is 0.422. The fourth-order valence-corrected chi connectivity index (χ4v) is 4.41. The lowest BCUT2D eigenvalue weighted by Crippen LogP contribution is -2.24. The molecule has 34 heavy (non-hydrogen) atoms. The highest BCUT2D eigenvalue weighted by Crippen LogP contribution is 2.30. The van der Waals surface area contributed by atoms with Gasteiger partial charge in [0.25, 0.3) is 0 Å². The van der Waals surface area contributed by atoms with Crippen molar-refractivity contribution in [2.75, 3.05) is 0 Å². The summed E-state index contributed by atoms with van der Waals surface area (Å²) in [6, 6.07) is 39.5. The van der Waals surface area contributed by atoms with E-state index < -0.39 is 0 Å². The first-order chi connectivity index (χ1) is 16.5. The first kappa shape index (κ1) is 23.7. The van der Waals surface area contributed by atoms with Gasteiger partial charge in [0.2, 0.25) is 0 Å². The molecule has 4 aromatic rings. The van der Waals surface area contributed by atoms with E-state index in [2.05, 4.69) is 148 Å². The van der Waals surface area contributed by atoms with Crippen LogP contribution in [0.3, 0.4) is 0 Å². The van der Waals surface area contributed by atoms with Gasteiger partial charge in [0, 0.05) is 6.04 Å². The van der Waals surface area contributed by atoms with Gasteiger partial charge in [0.15, 0.2) is 0 Å². The van der Waals surface area contributed by atoms with Gasteiger partial charge in [-0.05, 0) is 53.2 Å². The van der Waals surface area contributed by atoms with Crippen LogP contribution < -0.4 is 5.32 Å². The van der Waals surface area contributed by atoms with E-state index in [1.807, 2.05) is 0 Å². The molecule has 0 heterocycles. The summed E-state index contributed by atoms with van der Waals surface area (Å²) in [5, 5.41) is 3.89. The third-order valence-electron chi connectivity index (χ3n) is 6.46. The Labute approximate surface area is 205 Å². The van der Waals surface area contributed by atoms with Gasteiger partial charge in [-0.25, -0.2) is 0 Å². The van der Waals surface area contributed by atoms with Crippen molar-refractivity contribution >= 4 is 5.57 Å². The highest BCUT2D eigenvalue weighted by molar-refractivity contribution is 5.68. The smallest absolute Gasteiger partial charge is 0.0516 e. The van der Waals surface area contributed by atoms with Gasteiger partial charge in [0.05, 0.1) is 6.04 Å². The zero-order valence-corrected chi connectivity index (χ0v) is 20.7. The molecule has 0 bridgehead atoms. The molecule has 0 radical (unpaired) electrons. The molecular formula is C33H35N. The molecule has 4 rings (SSSR count). The lowest BCUT2D eigenvalue weighted by Gasteiger charge is -2.24. The van der Waals surface area contributed by atoms with Crippen LogP contribution in [0.25, 0.3) is 16.7 Å². The van der Waals surface area contributed by atoms with Gasteiger partial charge in [-0.3, -0.25) is 0 Å². The zero-order chi connectivity index (χ0) is 23.9. The summed E-state index contributed by atoms with van der Waals surface area (Å²) in [7, 11) is 0. The van der Waals surface area contributed by atoms with Gasteiger partial charge in [-0.1, -0.05) is 135 Å². The molecule has 4 aromatic carbocycles. The summed E-state index contributed by atoms with van der Waals surface area (Å²) in [6.07, 6.45) is 2.42. The number of benzene rings is 4. The maximum absolute atomic E-state index is 3.89. The molecular weight excluding hydrogens is 410 g/mol. The molecule has 0 spiro atoms. The number of aryl methyl sites for hydroxylation is 1. The Bertz CT molecular complexity index is 1190. The normalized spacial score (nSPS) is 13.6. The second kappa shape index (κ2) is 11.1. The summed E-state index contributed by atoms with van der Waals surface area (Å²) in [6.45, 7) is 8.92. The van der Waals surface area contributed by atoms with Crippen LogP contribution in [0.1, 0.15) is 55.1 Å². The topological polar surface area (TPSA) is 12.0 Å². The van der Waals surface area contributed by atoms with E-state index in [-0.39, 0.29) is 12.1 Å². The van der Waals surface area contributed by atoms with Gasteiger partial charge in [0.1, 0.15) is 0 Å². The SMILES string of the molecule is Cc1ccc(-c2ccc(C(/C=C(/c3ccccc3)C(C)C)NC(C)c3ccccc3)cc2)cc1. The molecule has 172 valence electrons. The molecule has 0 fully saturated rings. The van der Waals surface area contributed by atoms with E-state index >= 15 is 0 Å². The molecule has 1 nitrogen and oxygen atoms in total. The van der Waals surface area contributed by atoms with E-state index in [1.165, 1.54) is 39.0 Å². The Morgan fingerprint density at radius 3 is 1.71 bits per heavy atom. The van der Waals surface area contributed by atoms with Crippen LogP contribution in [0, 0.1) is 12.8 Å². The predicted octanol–water partition coefficient (Wildman–Crippen LogP) is 8.79. The molecule has 0 saturated carbocycles. The summed E-state index contributed by atoms with van der Waals surface area (Å²) in [4.78, 5) is 0. The van der Waals surface area contributed by atoms with Crippen molar-refractivity contribution in [2.45, 2.75) is 39.8 Å². The minimum atomic E-state index is 0.0971. The monoisotopic (exact) mass is 445 g/mol. The lowest BCUT2D eigenvalue weighted by molar-refractivity contribution is 0.526. The van der Waals surface area contributed by atoms with Crippen molar-refractivity contribution in [3.63, 3.8) is 0 Å². The standard InChI is InChI=1S/C33H35N/c1-24(2)32(30-13-9-6-10-14-30)23-33(34-26(4)27-11-7-5-8-12-27)31-21-19-29(20-22-31)28-17-15-25(3)16-18-28/h5-24,26,33-34H,1-4H3/b32-23+. The zero-order valence-electron chi connectivity index (χ0n) is 20.7. The molecule has 2 unspecified atom stereocenters. The molecule has 1 heteroatoms. The highest BCUT2D eigenvalue weighted by atomic mass is 14.9. The van der Waals surface area contributed by atoms with E-state index in [1.54, 1.807) is 0 Å². The number of nitrogens with one attached hydrogen (secondary N) is 1. The molecule has 2 atom stereocenters. The van der Waals surface area contributed by atoms with Crippen molar-refractivity contribution in [1.29, 1.82) is 0 Å². The molecule has 0 aliphatic rings. The van der Waals surface area contributed by atoms with Gasteiger partial charge in [-0.15, -0.1) is 0 Å². The van der Waals surface area contributed by atoms with Gasteiger partial charge in [-0.2, -0.15) is 0 Å². The Balaban J connectivity index is 1.70. The highest BCUT2D eigenvalue weighted by Gasteiger charge is 2.17. The number of hydrogen-bond acceptors (Lipinski definition) is 1. The average molecular weight is 446 g/mol. The van der Waals surface area contributed by atoms with Crippen molar-refractivity contribution in [2.24, 2.45) is 5.92 Å². The largest absolute Gasteiger partial charge is 0.300 e. The fraction of sp³-hybridized carbons (Fsp3) is 0.212. The Morgan fingerprint density at radius 2 is 1.15 bits per heavy atom. The van der Waals surface area contributed by atoms with Crippen LogP contribution in [0.5, 0.6) is 0 Å². The first-order valence-electron chi connectivity index (χ1n) is 12.3. The van der Waals surface area contributed by atoms with E-state index in [0.29, 0.717) is 5.92 Å². The van der Waals surface area contributed by atoms with Crippen molar-refractivity contribution < 1.29 is 0 Å². The number of allylic oxidation sites excluding steroid dienone is 1. The van der Waals surface area contributed by atoms with Crippen molar-refractivity contribution in [1.82, 2.24) is 5.32 Å². The summed E-state index contributed by atoms with van der Waals surface area (Å²) < 4.78 is 0. The van der Waals surface area contributed by atoms with Crippen molar-refractivity contribution in [3.05, 3.63) is 138 Å². The minimum Gasteiger partial charge on any atom is -0.300 e. The lowest BCUT2D eigenvalue weighted by atomic mass is 9.91. The number of rotatable bonds is 8. The molecule has 0 saturated heterocycles. The van der Waals surface area contributed by atoms with Crippen LogP contribution in [-0.2, 0) is 0 Å². The number of hydrogen-bond donors (Lipinski definition) is 1. The van der Waals surface area contributed by atoms with Crippen LogP contribution in [0.2, 0.25) is 0 Å². The third kappa shape index (κ3) is 5.92. The Kier molecular flexibility index (Phi) is 7.77. The second-order valence-corrected chi connectivity index (χ2v) is 9.41. The summed E-state index contributed by atoms with van der Waals surface area (Å²) >= 11 is 0. The molecule has 0 aromatic heterocycles. The Hall–Kier alpha value is -3.42. The maximum atomic E-state index is 3.89. The fourth-order valence-electron chi connectivity index (χ4n) is 4.41. The van der Waals surface area contributed by atoms with Gasteiger partial charge >= 0.3 is 0 Å². The predicted molar refractivity (Wildman–Crippen MR) is 147 cm³/mol. The molecule has 0 amide bonds. The van der Waals surface area contributed by atoms with Crippen LogP contribution in [-0.4, -0.2) is 0 Å². The summed E-state index contributed by atoms with van der Waals surface area (Å²) in [5.41, 5.74) is 8.99. The maximum Gasteiger partial charge on any atom is 0.0516 e. The molecule has 1 N–H and O–H groups in total. The second-order valence-electron chi connectivity index (χ2n) is 9.41. The van der Waals surface area contributed by atoms with Crippen LogP contribution >= 0.6 is 0 Å². The minimum absolute atomic E-state index is 0.0971. The van der Waals surface area contributed by atoms with Crippen LogP contribution in [0.4, 0.5) is 0 Å². The molecule has 0 aliphatic heterocycles. The third-order valence-corrected chi connectivity index (χ3v) is 6.46. The van der Waals surface area contributed by atoms with Crippen LogP contribution in [0.15, 0.2) is 115 Å². The first-order valence-corrected chi connectivity index (χ1v) is 12.3. The van der Waals surface area contributed by atoms with E-state index in [4.69, 9.17) is 0 Å². The van der Waals surface area contributed by atoms with Crippen molar-refractivity contribution in [3.8, 4) is 11.1 Å².